The lowest BCUT2D eigenvalue weighted by molar-refractivity contribution is -0.130. The third kappa shape index (κ3) is 4.60. The van der Waals surface area contributed by atoms with Gasteiger partial charge in [-0.25, -0.2) is 0 Å². The van der Waals surface area contributed by atoms with Crippen LogP contribution in [0.5, 0.6) is 0 Å². The zero-order chi connectivity index (χ0) is 19.5. The molecule has 2 aliphatic rings. The second kappa shape index (κ2) is 8.97. The fraction of sp³-hybridized carbons (Fsp3) is 0.650. The van der Waals surface area contributed by atoms with Crippen molar-refractivity contribution in [3.8, 4) is 10.7 Å². The predicted octanol–water partition coefficient (Wildman–Crippen LogP) is 3.78. The van der Waals surface area contributed by atoms with Crippen LogP contribution in [0.4, 0.5) is 0 Å². The smallest absolute Gasteiger partial charge is 0.233 e. The summed E-state index contributed by atoms with van der Waals surface area (Å²) < 4.78 is 7.98. The van der Waals surface area contributed by atoms with Crippen molar-refractivity contribution in [3.05, 3.63) is 17.5 Å². The molecule has 4 rings (SSSR count). The maximum absolute atomic E-state index is 12.8. The van der Waals surface area contributed by atoms with Crippen LogP contribution in [-0.2, 0) is 16.1 Å². The summed E-state index contributed by atoms with van der Waals surface area (Å²) in [5, 5.41) is 11.7. The van der Waals surface area contributed by atoms with Crippen molar-refractivity contribution in [2.45, 2.75) is 50.9 Å². The zero-order valence-electron chi connectivity index (χ0n) is 16.5. The first-order valence-corrected chi connectivity index (χ1v) is 12.0. The highest BCUT2D eigenvalue weighted by Crippen LogP contribution is 2.29. The molecule has 3 atom stereocenters. The van der Waals surface area contributed by atoms with Crippen LogP contribution in [0.15, 0.2) is 22.7 Å². The lowest BCUT2D eigenvalue weighted by Crippen LogP contribution is -2.43. The van der Waals surface area contributed by atoms with E-state index in [1.165, 1.54) is 18.2 Å². The molecule has 0 aromatic carbocycles. The number of carbonyl (C=O) groups excluding carboxylic acids is 1. The molecule has 2 aromatic heterocycles. The first-order valence-electron chi connectivity index (χ1n) is 10.1. The van der Waals surface area contributed by atoms with E-state index in [9.17, 15) is 4.79 Å². The molecule has 0 aliphatic carbocycles. The van der Waals surface area contributed by atoms with Crippen LogP contribution in [-0.4, -0.2) is 57.1 Å². The number of hydrogen-bond donors (Lipinski definition) is 0. The van der Waals surface area contributed by atoms with Crippen LogP contribution in [0.1, 0.15) is 33.1 Å². The summed E-state index contributed by atoms with van der Waals surface area (Å²) in [5.41, 5.74) is 0. The van der Waals surface area contributed by atoms with Gasteiger partial charge < -0.3 is 9.64 Å². The number of likely N-dealkylation sites (tertiary alicyclic amines) is 1. The molecule has 1 amide bonds. The number of nitrogens with zero attached hydrogens (tertiary/aromatic N) is 4. The fourth-order valence-corrected chi connectivity index (χ4v) is 5.79. The molecule has 4 heterocycles. The number of hydrogen-bond acceptors (Lipinski definition) is 6. The number of aromatic nitrogens is 3. The summed E-state index contributed by atoms with van der Waals surface area (Å²) >= 11 is 3.16. The van der Waals surface area contributed by atoms with Crippen LogP contribution in [0, 0.1) is 11.8 Å². The Labute approximate surface area is 174 Å². The molecular formula is C20H28N4O2S2. The summed E-state index contributed by atoms with van der Waals surface area (Å²) in [6, 6.07) is 4.09. The maximum atomic E-state index is 12.8. The Hall–Kier alpha value is -1.38. The van der Waals surface area contributed by atoms with E-state index in [4.69, 9.17) is 4.74 Å². The summed E-state index contributed by atoms with van der Waals surface area (Å²) in [7, 11) is 0. The summed E-state index contributed by atoms with van der Waals surface area (Å²) in [4.78, 5) is 15.9. The standard InChI is InChI=1S/C20H28N4O2S2/c1-14-9-15(2)11-23(10-14)18(25)13-28-20-22-21-19(17-6-4-8-27-17)24(20)12-16-5-3-7-26-16/h4,6,8,14-16H,3,5,7,9-13H2,1-2H3. The number of thioether (sulfide) groups is 1. The summed E-state index contributed by atoms with van der Waals surface area (Å²) in [5.74, 6) is 2.64. The molecule has 28 heavy (non-hydrogen) atoms. The fourth-order valence-electron chi connectivity index (χ4n) is 4.22. The van der Waals surface area contributed by atoms with Gasteiger partial charge in [0.15, 0.2) is 11.0 Å². The average molecular weight is 421 g/mol. The van der Waals surface area contributed by atoms with Gasteiger partial charge in [0.1, 0.15) is 0 Å². The third-order valence-electron chi connectivity index (χ3n) is 5.41. The maximum Gasteiger partial charge on any atom is 0.233 e. The second-order valence-corrected chi connectivity index (χ2v) is 9.95. The van der Waals surface area contributed by atoms with Crippen molar-refractivity contribution in [3.63, 3.8) is 0 Å². The highest BCUT2D eigenvalue weighted by atomic mass is 32.2. The Morgan fingerprint density at radius 2 is 2.14 bits per heavy atom. The molecule has 152 valence electrons. The molecule has 2 aliphatic heterocycles. The van der Waals surface area contributed by atoms with Crippen molar-refractivity contribution in [1.82, 2.24) is 19.7 Å². The van der Waals surface area contributed by atoms with E-state index in [1.54, 1.807) is 11.3 Å². The van der Waals surface area contributed by atoms with Crippen LogP contribution in [0.3, 0.4) is 0 Å². The molecule has 2 fully saturated rings. The molecule has 0 bridgehead atoms. The Morgan fingerprint density at radius 1 is 1.32 bits per heavy atom. The molecule has 2 aromatic rings. The topological polar surface area (TPSA) is 60.2 Å². The van der Waals surface area contributed by atoms with E-state index < -0.39 is 0 Å². The van der Waals surface area contributed by atoms with Gasteiger partial charge in [-0.05, 0) is 42.5 Å². The predicted molar refractivity (Wildman–Crippen MR) is 113 cm³/mol. The molecule has 6 nitrogen and oxygen atoms in total. The van der Waals surface area contributed by atoms with E-state index in [0.29, 0.717) is 17.6 Å². The second-order valence-electron chi connectivity index (χ2n) is 8.06. The quantitative estimate of drug-likeness (QED) is 0.666. The molecular weight excluding hydrogens is 392 g/mol. The number of piperidine rings is 1. The van der Waals surface area contributed by atoms with E-state index in [2.05, 4.69) is 40.1 Å². The number of thiophene rings is 1. The van der Waals surface area contributed by atoms with Crippen LogP contribution < -0.4 is 0 Å². The Kier molecular flexibility index (Phi) is 6.38. The van der Waals surface area contributed by atoms with Crippen LogP contribution in [0.2, 0.25) is 0 Å². The molecule has 8 heteroatoms. The lowest BCUT2D eigenvalue weighted by Gasteiger charge is -2.35. The Balaban J connectivity index is 1.47. The van der Waals surface area contributed by atoms with Crippen LogP contribution >= 0.6 is 23.1 Å². The summed E-state index contributed by atoms with van der Waals surface area (Å²) in [6.45, 7) is 7.77. The van der Waals surface area contributed by atoms with E-state index in [-0.39, 0.29) is 12.0 Å². The highest BCUT2D eigenvalue weighted by Gasteiger charge is 2.27. The third-order valence-corrected chi connectivity index (χ3v) is 7.23. The van der Waals surface area contributed by atoms with E-state index in [0.717, 1.165) is 54.9 Å². The van der Waals surface area contributed by atoms with Crippen molar-refractivity contribution >= 4 is 29.0 Å². The molecule has 0 radical (unpaired) electrons. The number of rotatable bonds is 6. The van der Waals surface area contributed by atoms with Crippen molar-refractivity contribution in [1.29, 1.82) is 0 Å². The Morgan fingerprint density at radius 3 is 2.82 bits per heavy atom. The molecule has 0 spiro atoms. The van der Waals surface area contributed by atoms with Crippen molar-refractivity contribution < 1.29 is 9.53 Å². The van der Waals surface area contributed by atoms with Gasteiger partial charge in [-0.15, -0.1) is 21.5 Å². The monoisotopic (exact) mass is 420 g/mol. The first-order chi connectivity index (χ1) is 13.6. The van der Waals surface area contributed by atoms with Gasteiger partial charge in [0.25, 0.3) is 0 Å². The van der Waals surface area contributed by atoms with Gasteiger partial charge >= 0.3 is 0 Å². The minimum Gasteiger partial charge on any atom is -0.376 e. The largest absolute Gasteiger partial charge is 0.376 e. The first kappa shape index (κ1) is 19.9. The van der Waals surface area contributed by atoms with Gasteiger partial charge in [-0.2, -0.15) is 0 Å². The SMILES string of the molecule is CC1CC(C)CN(C(=O)CSc2nnc(-c3cccs3)n2CC2CCCO2)C1. The van der Waals surface area contributed by atoms with Crippen molar-refractivity contribution in [2.24, 2.45) is 11.8 Å². The molecule has 0 saturated carbocycles. The normalized spacial score (nSPS) is 25.4. The highest BCUT2D eigenvalue weighted by molar-refractivity contribution is 7.99. The van der Waals surface area contributed by atoms with E-state index in [1.807, 2.05) is 11.0 Å². The molecule has 3 unspecified atom stereocenters. The average Bonchev–Trinajstić information content (AvgIpc) is 3.41. The number of ether oxygens (including phenoxy) is 1. The molecule has 2 saturated heterocycles. The number of amides is 1. The van der Waals surface area contributed by atoms with E-state index >= 15 is 0 Å². The van der Waals surface area contributed by atoms with Gasteiger partial charge in [-0.3, -0.25) is 9.36 Å². The zero-order valence-corrected chi connectivity index (χ0v) is 18.2. The van der Waals surface area contributed by atoms with Gasteiger partial charge in [0.05, 0.1) is 23.3 Å². The Bertz CT molecular complexity index is 776. The minimum atomic E-state index is 0.202. The van der Waals surface area contributed by atoms with Crippen molar-refractivity contribution in [2.75, 3.05) is 25.4 Å². The molecule has 0 N–H and O–H groups in total. The number of carbonyl (C=O) groups is 1. The van der Waals surface area contributed by atoms with Crippen LogP contribution in [0.25, 0.3) is 10.7 Å². The lowest BCUT2D eigenvalue weighted by atomic mass is 9.92. The van der Waals surface area contributed by atoms with Gasteiger partial charge in [-0.1, -0.05) is 31.7 Å². The van der Waals surface area contributed by atoms with Gasteiger partial charge in [0.2, 0.25) is 5.91 Å². The van der Waals surface area contributed by atoms with Gasteiger partial charge in [0, 0.05) is 19.7 Å². The minimum absolute atomic E-state index is 0.202. The summed E-state index contributed by atoms with van der Waals surface area (Å²) in [6.07, 6.45) is 3.58.